The SMILES string of the molecule is Cc1cc(NC(C)C2CCOC2)cc([N+](=O)[O-])c1. The van der Waals surface area contributed by atoms with E-state index >= 15 is 0 Å². The predicted molar refractivity (Wildman–Crippen MR) is 69.8 cm³/mol. The molecule has 1 aliphatic heterocycles. The van der Waals surface area contributed by atoms with E-state index in [4.69, 9.17) is 4.74 Å². The van der Waals surface area contributed by atoms with E-state index in [2.05, 4.69) is 12.2 Å². The van der Waals surface area contributed by atoms with Gasteiger partial charge in [0.15, 0.2) is 0 Å². The summed E-state index contributed by atoms with van der Waals surface area (Å²) < 4.78 is 5.35. The minimum Gasteiger partial charge on any atom is -0.382 e. The monoisotopic (exact) mass is 250 g/mol. The molecule has 0 radical (unpaired) electrons. The quantitative estimate of drug-likeness (QED) is 0.659. The molecule has 1 fully saturated rings. The smallest absolute Gasteiger partial charge is 0.271 e. The summed E-state index contributed by atoms with van der Waals surface area (Å²) in [6.45, 7) is 5.53. The number of hydrogen-bond donors (Lipinski definition) is 1. The molecule has 1 N–H and O–H groups in total. The van der Waals surface area contributed by atoms with Crippen LogP contribution in [0, 0.1) is 23.0 Å². The van der Waals surface area contributed by atoms with Crippen LogP contribution in [0.1, 0.15) is 18.9 Å². The maximum absolute atomic E-state index is 10.8. The molecule has 0 bridgehead atoms. The molecule has 0 aliphatic carbocycles. The van der Waals surface area contributed by atoms with Crippen LogP contribution in [-0.4, -0.2) is 24.2 Å². The molecule has 18 heavy (non-hydrogen) atoms. The first kappa shape index (κ1) is 12.8. The Morgan fingerprint density at radius 1 is 1.50 bits per heavy atom. The lowest BCUT2D eigenvalue weighted by Gasteiger charge is -2.20. The normalized spacial score (nSPS) is 20.7. The number of anilines is 1. The topological polar surface area (TPSA) is 64.4 Å². The van der Waals surface area contributed by atoms with Gasteiger partial charge in [-0.05, 0) is 31.9 Å². The third kappa shape index (κ3) is 2.98. The second kappa shape index (κ2) is 5.35. The van der Waals surface area contributed by atoms with Gasteiger partial charge in [-0.15, -0.1) is 0 Å². The van der Waals surface area contributed by atoms with Crippen molar-refractivity contribution >= 4 is 11.4 Å². The second-order valence-corrected chi connectivity index (χ2v) is 4.87. The van der Waals surface area contributed by atoms with Gasteiger partial charge in [-0.1, -0.05) is 0 Å². The predicted octanol–water partition coefficient (Wildman–Crippen LogP) is 2.74. The zero-order valence-electron chi connectivity index (χ0n) is 10.7. The molecule has 2 unspecified atom stereocenters. The number of rotatable bonds is 4. The first-order valence-corrected chi connectivity index (χ1v) is 6.16. The summed E-state index contributed by atoms with van der Waals surface area (Å²) in [6.07, 6.45) is 1.04. The fourth-order valence-electron chi connectivity index (χ4n) is 2.28. The standard InChI is InChI=1S/C13H18N2O3/c1-9-5-12(7-13(6-9)15(16)17)14-10(2)11-3-4-18-8-11/h5-7,10-11,14H,3-4,8H2,1-2H3. The maximum atomic E-state index is 10.8. The van der Waals surface area contributed by atoms with Crippen LogP contribution < -0.4 is 5.32 Å². The van der Waals surface area contributed by atoms with Crippen LogP contribution in [0.25, 0.3) is 0 Å². The second-order valence-electron chi connectivity index (χ2n) is 4.87. The number of hydrogen-bond acceptors (Lipinski definition) is 4. The molecule has 1 heterocycles. The van der Waals surface area contributed by atoms with Gasteiger partial charge in [0.1, 0.15) is 0 Å². The Morgan fingerprint density at radius 3 is 2.89 bits per heavy atom. The van der Waals surface area contributed by atoms with Crippen molar-refractivity contribution in [3.63, 3.8) is 0 Å². The molecular formula is C13H18N2O3. The van der Waals surface area contributed by atoms with Gasteiger partial charge in [-0.2, -0.15) is 0 Å². The van der Waals surface area contributed by atoms with Gasteiger partial charge in [-0.3, -0.25) is 10.1 Å². The lowest BCUT2D eigenvalue weighted by molar-refractivity contribution is -0.384. The number of non-ortho nitro benzene ring substituents is 1. The Morgan fingerprint density at radius 2 is 2.28 bits per heavy atom. The lowest BCUT2D eigenvalue weighted by Crippen LogP contribution is -2.26. The van der Waals surface area contributed by atoms with E-state index in [0.717, 1.165) is 30.9 Å². The molecule has 1 aromatic rings. The third-order valence-corrected chi connectivity index (χ3v) is 3.34. The van der Waals surface area contributed by atoms with Crippen molar-refractivity contribution < 1.29 is 9.66 Å². The number of aryl methyl sites for hydroxylation is 1. The number of nitro groups is 1. The Labute approximate surface area is 106 Å². The third-order valence-electron chi connectivity index (χ3n) is 3.34. The van der Waals surface area contributed by atoms with Gasteiger partial charge >= 0.3 is 0 Å². The zero-order valence-corrected chi connectivity index (χ0v) is 10.7. The van der Waals surface area contributed by atoms with Gasteiger partial charge in [0.25, 0.3) is 5.69 Å². The van der Waals surface area contributed by atoms with Gasteiger partial charge < -0.3 is 10.1 Å². The Bertz CT molecular complexity index is 442. The van der Waals surface area contributed by atoms with Crippen molar-refractivity contribution in [2.75, 3.05) is 18.5 Å². The highest BCUT2D eigenvalue weighted by molar-refractivity contribution is 5.54. The van der Waals surface area contributed by atoms with E-state index in [0.29, 0.717) is 5.92 Å². The summed E-state index contributed by atoms with van der Waals surface area (Å²) >= 11 is 0. The highest BCUT2D eigenvalue weighted by Gasteiger charge is 2.22. The van der Waals surface area contributed by atoms with Crippen molar-refractivity contribution in [1.82, 2.24) is 0 Å². The largest absolute Gasteiger partial charge is 0.382 e. The Kier molecular flexibility index (Phi) is 3.81. The Hall–Kier alpha value is -1.62. The lowest BCUT2D eigenvalue weighted by atomic mass is 10.0. The molecule has 2 rings (SSSR count). The summed E-state index contributed by atoms with van der Waals surface area (Å²) in [7, 11) is 0. The molecule has 1 aliphatic rings. The van der Waals surface area contributed by atoms with Crippen molar-refractivity contribution in [2.24, 2.45) is 5.92 Å². The molecule has 5 nitrogen and oxygen atoms in total. The summed E-state index contributed by atoms with van der Waals surface area (Å²) in [4.78, 5) is 10.4. The van der Waals surface area contributed by atoms with E-state index < -0.39 is 0 Å². The average Bonchev–Trinajstić information content (AvgIpc) is 2.81. The van der Waals surface area contributed by atoms with Crippen molar-refractivity contribution in [3.8, 4) is 0 Å². The summed E-state index contributed by atoms with van der Waals surface area (Å²) in [6, 6.07) is 5.35. The molecule has 1 saturated heterocycles. The maximum Gasteiger partial charge on any atom is 0.271 e. The minimum absolute atomic E-state index is 0.132. The average molecular weight is 250 g/mol. The van der Waals surface area contributed by atoms with Gasteiger partial charge in [0.05, 0.1) is 11.5 Å². The highest BCUT2D eigenvalue weighted by atomic mass is 16.6. The molecule has 0 saturated carbocycles. The van der Waals surface area contributed by atoms with E-state index in [-0.39, 0.29) is 16.7 Å². The van der Waals surface area contributed by atoms with Gasteiger partial charge in [0.2, 0.25) is 0 Å². The van der Waals surface area contributed by atoms with Crippen molar-refractivity contribution in [2.45, 2.75) is 26.3 Å². The summed E-state index contributed by atoms with van der Waals surface area (Å²) in [5.74, 6) is 0.476. The summed E-state index contributed by atoms with van der Waals surface area (Å²) in [5.41, 5.74) is 1.83. The molecule has 1 aromatic carbocycles. The van der Waals surface area contributed by atoms with Gasteiger partial charge in [0, 0.05) is 36.4 Å². The van der Waals surface area contributed by atoms with Crippen LogP contribution in [0.2, 0.25) is 0 Å². The first-order chi connectivity index (χ1) is 8.56. The van der Waals surface area contributed by atoms with Crippen molar-refractivity contribution in [3.05, 3.63) is 33.9 Å². The molecule has 0 spiro atoms. The molecule has 2 atom stereocenters. The van der Waals surface area contributed by atoms with E-state index in [1.165, 1.54) is 0 Å². The molecule has 5 heteroatoms. The summed E-state index contributed by atoms with van der Waals surface area (Å²) in [5, 5.41) is 14.1. The van der Waals surface area contributed by atoms with E-state index in [1.807, 2.05) is 13.0 Å². The molecular weight excluding hydrogens is 232 g/mol. The van der Waals surface area contributed by atoms with Crippen LogP contribution in [-0.2, 0) is 4.74 Å². The number of ether oxygens (including phenoxy) is 1. The fraction of sp³-hybridized carbons (Fsp3) is 0.538. The van der Waals surface area contributed by atoms with E-state index in [1.54, 1.807) is 12.1 Å². The van der Waals surface area contributed by atoms with Crippen LogP contribution >= 0.6 is 0 Å². The Balaban J connectivity index is 2.10. The minimum atomic E-state index is -0.360. The first-order valence-electron chi connectivity index (χ1n) is 6.16. The van der Waals surface area contributed by atoms with E-state index in [9.17, 15) is 10.1 Å². The fourth-order valence-corrected chi connectivity index (χ4v) is 2.28. The van der Waals surface area contributed by atoms with Crippen LogP contribution in [0.5, 0.6) is 0 Å². The number of nitrogens with one attached hydrogen (secondary N) is 1. The van der Waals surface area contributed by atoms with Crippen LogP contribution in [0.3, 0.4) is 0 Å². The van der Waals surface area contributed by atoms with Crippen LogP contribution in [0.15, 0.2) is 18.2 Å². The number of benzene rings is 1. The zero-order chi connectivity index (χ0) is 13.1. The van der Waals surface area contributed by atoms with Crippen molar-refractivity contribution in [1.29, 1.82) is 0 Å². The molecule has 98 valence electrons. The number of nitrogens with zero attached hydrogens (tertiary/aromatic N) is 1. The number of nitro benzene ring substituents is 1. The molecule has 0 amide bonds. The van der Waals surface area contributed by atoms with Crippen LogP contribution in [0.4, 0.5) is 11.4 Å². The highest BCUT2D eigenvalue weighted by Crippen LogP contribution is 2.24. The van der Waals surface area contributed by atoms with Gasteiger partial charge in [-0.25, -0.2) is 0 Å². The molecule has 0 aromatic heterocycles.